The number of amides is 1. The summed E-state index contributed by atoms with van der Waals surface area (Å²) in [5.74, 6) is -1.46. The van der Waals surface area contributed by atoms with Crippen molar-refractivity contribution in [2.24, 2.45) is 0 Å². The number of nitrogens with zero attached hydrogens (tertiary/aromatic N) is 2. The van der Waals surface area contributed by atoms with Crippen LogP contribution in [-0.2, 0) is 45.0 Å². The number of fused-ring (bicyclic) bond motifs is 5. The van der Waals surface area contributed by atoms with E-state index < -0.39 is 29.0 Å². The number of esters is 1. The molecule has 4 heterocycles. The quantitative estimate of drug-likeness (QED) is 0.335. The third-order valence-corrected chi connectivity index (χ3v) is 8.59. The minimum absolute atomic E-state index is 0.0232. The molecule has 6 rings (SSSR count). The van der Waals surface area contributed by atoms with Crippen LogP contribution in [0.1, 0.15) is 73.4 Å². The molecule has 3 aromatic rings. The lowest BCUT2D eigenvalue weighted by atomic mass is 9.85. The Bertz CT molecular complexity index is 1680. The molecule has 2 aliphatic heterocycles. The lowest BCUT2D eigenvalue weighted by molar-refractivity contribution is -0.172. The Labute approximate surface area is 223 Å². The fraction of sp³-hybridized carbons (Fsp3) is 0.448. The summed E-state index contributed by atoms with van der Waals surface area (Å²) in [4.78, 5) is 43.9. The van der Waals surface area contributed by atoms with Crippen LogP contribution in [0, 0.1) is 12.7 Å². The summed E-state index contributed by atoms with van der Waals surface area (Å²) in [6.07, 6.45) is 0.182. The van der Waals surface area contributed by atoms with Gasteiger partial charge in [0.15, 0.2) is 5.60 Å². The molecule has 9 nitrogen and oxygen atoms in total. The van der Waals surface area contributed by atoms with Crippen molar-refractivity contribution in [3.8, 4) is 11.4 Å². The fourth-order valence-electron chi connectivity index (χ4n) is 6.48. The minimum Gasteiger partial charge on any atom is -0.458 e. The van der Waals surface area contributed by atoms with Gasteiger partial charge in [-0.1, -0.05) is 6.92 Å². The average Bonchev–Trinajstić information content (AvgIpc) is 3.40. The van der Waals surface area contributed by atoms with Gasteiger partial charge in [-0.2, -0.15) is 0 Å². The summed E-state index contributed by atoms with van der Waals surface area (Å²) >= 11 is 0. The van der Waals surface area contributed by atoms with Gasteiger partial charge in [0.05, 0.1) is 40.7 Å². The van der Waals surface area contributed by atoms with E-state index in [0.29, 0.717) is 35.3 Å². The first-order valence-corrected chi connectivity index (χ1v) is 13.2. The number of rotatable bonds is 5. The van der Waals surface area contributed by atoms with E-state index >= 15 is 4.39 Å². The molecular formula is C29H30FN3O6. The van der Waals surface area contributed by atoms with Crippen LogP contribution >= 0.6 is 0 Å². The molecule has 0 radical (unpaired) electrons. The molecule has 1 aromatic carbocycles. The number of benzene rings is 1. The van der Waals surface area contributed by atoms with Crippen molar-refractivity contribution in [2.45, 2.75) is 83.8 Å². The minimum atomic E-state index is -1.96. The van der Waals surface area contributed by atoms with Crippen LogP contribution < -0.4 is 10.9 Å². The number of nitrogens with one attached hydrogen (secondary N) is 1. The van der Waals surface area contributed by atoms with Crippen molar-refractivity contribution < 1.29 is 28.9 Å². The summed E-state index contributed by atoms with van der Waals surface area (Å²) in [5.41, 5.74) is 1.21. The zero-order valence-corrected chi connectivity index (χ0v) is 22.3. The van der Waals surface area contributed by atoms with Crippen molar-refractivity contribution in [1.29, 1.82) is 0 Å². The first-order chi connectivity index (χ1) is 18.4. The number of halogens is 1. The van der Waals surface area contributed by atoms with E-state index in [0.717, 1.165) is 22.1 Å². The SMILES string of the molecule is CC[C@@]1(O)C(=O)OCc2c1cc1n(c2=O)Cc2c-1nc1cc(F)c(C)c3c1c2C(C)(NC(=O)CCC(C)O)C3. The molecule has 0 bridgehead atoms. The van der Waals surface area contributed by atoms with E-state index in [-0.39, 0.29) is 48.6 Å². The van der Waals surface area contributed by atoms with E-state index in [9.17, 15) is 24.6 Å². The number of carbonyl (C=O) groups is 2. The van der Waals surface area contributed by atoms with E-state index in [1.54, 1.807) is 26.8 Å². The normalized spacial score (nSPS) is 23.3. The number of hydrogen-bond acceptors (Lipinski definition) is 7. The predicted octanol–water partition coefficient (Wildman–Crippen LogP) is 2.58. The standard InChI is InChI=1S/C29H30FN3O6/c1-5-29(38)18-8-21-25-16(11-33(21)26(36)17(18)12-39-27(29)37)24-23-15(14(3)19(30)9-20(23)31-25)10-28(24,4)32-22(35)7-6-13(2)34/h8-9,13,34,38H,5-7,10-12H2,1-4H3,(H,32,35)/t13?,28?,29-/m0/s1. The van der Waals surface area contributed by atoms with Gasteiger partial charge in [0, 0.05) is 35.4 Å². The first-order valence-electron chi connectivity index (χ1n) is 13.2. The molecule has 39 heavy (non-hydrogen) atoms. The van der Waals surface area contributed by atoms with Gasteiger partial charge in [0.25, 0.3) is 5.56 Å². The summed E-state index contributed by atoms with van der Waals surface area (Å²) in [5, 5.41) is 24.7. The maximum atomic E-state index is 15.1. The number of aliphatic hydroxyl groups is 2. The van der Waals surface area contributed by atoms with Crippen LogP contribution in [0.3, 0.4) is 0 Å². The van der Waals surface area contributed by atoms with Crippen LogP contribution in [0.25, 0.3) is 22.3 Å². The molecule has 3 atom stereocenters. The molecule has 3 N–H and O–H groups in total. The van der Waals surface area contributed by atoms with E-state index in [1.807, 2.05) is 6.92 Å². The maximum absolute atomic E-state index is 15.1. The Morgan fingerprint density at radius 2 is 2.03 bits per heavy atom. The molecule has 1 aliphatic carbocycles. The second-order valence-electron chi connectivity index (χ2n) is 11.2. The number of carbonyl (C=O) groups excluding carboxylic acids is 2. The van der Waals surface area contributed by atoms with Crippen LogP contribution in [0.2, 0.25) is 0 Å². The fourth-order valence-corrected chi connectivity index (χ4v) is 6.48. The summed E-state index contributed by atoms with van der Waals surface area (Å²) < 4.78 is 21.8. The Hall–Kier alpha value is -3.63. The topological polar surface area (TPSA) is 131 Å². The van der Waals surface area contributed by atoms with Gasteiger partial charge >= 0.3 is 5.97 Å². The number of aromatic nitrogens is 2. The van der Waals surface area contributed by atoms with Crippen LogP contribution in [-0.4, -0.2) is 37.7 Å². The highest BCUT2D eigenvalue weighted by molar-refractivity contribution is 5.96. The van der Waals surface area contributed by atoms with Gasteiger partial charge in [0.1, 0.15) is 12.4 Å². The molecule has 0 spiro atoms. The lowest BCUT2D eigenvalue weighted by Gasteiger charge is -2.31. The van der Waals surface area contributed by atoms with Crippen molar-refractivity contribution in [1.82, 2.24) is 14.9 Å². The monoisotopic (exact) mass is 535 g/mol. The molecular weight excluding hydrogens is 505 g/mol. The molecule has 0 saturated carbocycles. The number of hydrogen-bond donors (Lipinski definition) is 3. The highest BCUT2D eigenvalue weighted by Gasteiger charge is 2.47. The summed E-state index contributed by atoms with van der Waals surface area (Å²) in [7, 11) is 0. The third kappa shape index (κ3) is 3.50. The smallest absolute Gasteiger partial charge is 0.343 e. The number of pyridine rings is 2. The van der Waals surface area contributed by atoms with E-state index in [2.05, 4.69) is 5.32 Å². The van der Waals surface area contributed by atoms with Gasteiger partial charge in [-0.3, -0.25) is 9.59 Å². The molecule has 10 heteroatoms. The number of cyclic esters (lactones) is 1. The largest absolute Gasteiger partial charge is 0.458 e. The highest BCUT2D eigenvalue weighted by Crippen LogP contribution is 2.49. The van der Waals surface area contributed by atoms with Crippen molar-refractivity contribution in [3.05, 3.63) is 61.7 Å². The lowest BCUT2D eigenvalue weighted by Crippen LogP contribution is -2.44. The summed E-state index contributed by atoms with van der Waals surface area (Å²) in [6.45, 7) is 6.79. The number of aliphatic hydroxyl groups excluding tert-OH is 1. The molecule has 2 aromatic heterocycles. The second-order valence-corrected chi connectivity index (χ2v) is 11.2. The molecule has 2 unspecified atom stereocenters. The molecule has 0 fully saturated rings. The zero-order valence-electron chi connectivity index (χ0n) is 22.3. The molecule has 1 amide bonds. The second kappa shape index (κ2) is 8.43. The van der Waals surface area contributed by atoms with Crippen molar-refractivity contribution in [2.75, 3.05) is 0 Å². The van der Waals surface area contributed by atoms with E-state index in [1.165, 1.54) is 10.6 Å². The van der Waals surface area contributed by atoms with Gasteiger partial charge in [-0.15, -0.1) is 0 Å². The van der Waals surface area contributed by atoms with Gasteiger partial charge in [-0.05, 0) is 56.4 Å². The number of ether oxygens (including phenoxy) is 1. The van der Waals surface area contributed by atoms with E-state index in [4.69, 9.17) is 9.72 Å². The van der Waals surface area contributed by atoms with Gasteiger partial charge in [0.2, 0.25) is 5.91 Å². The third-order valence-electron chi connectivity index (χ3n) is 8.59. The molecule has 3 aliphatic rings. The Morgan fingerprint density at radius 1 is 1.28 bits per heavy atom. The Balaban J connectivity index is 1.59. The first kappa shape index (κ1) is 25.6. The average molecular weight is 536 g/mol. The van der Waals surface area contributed by atoms with Gasteiger partial charge in [-0.25, -0.2) is 14.2 Å². The van der Waals surface area contributed by atoms with Crippen LogP contribution in [0.15, 0.2) is 16.9 Å². The zero-order chi connectivity index (χ0) is 28.0. The van der Waals surface area contributed by atoms with Crippen LogP contribution in [0.4, 0.5) is 4.39 Å². The Kier molecular flexibility index (Phi) is 5.54. The molecule has 0 saturated heterocycles. The highest BCUT2D eigenvalue weighted by atomic mass is 19.1. The molecule has 204 valence electrons. The maximum Gasteiger partial charge on any atom is 0.343 e. The van der Waals surface area contributed by atoms with Gasteiger partial charge < -0.3 is 24.8 Å². The van der Waals surface area contributed by atoms with Crippen LogP contribution in [0.5, 0.6) is 0 Å². The summed E-state index contributed by atoms with van der Waals surface area (Å²) in [6, 6.07) is 2.99. The Morgan fingerprint density at radius 3 is 2.72 bits per heavy atom. The predicted molar refractivity (Wildman–Crippen MR) is 139 cm³/mol. The van der Waals surface area contributed by atoms with Crippen molar-refractivity contribution in [3.63, 3.8) is 0 Å². The van der Waals surface area contributed by atoms with Crippen molar-refractivity contribution >= 4 is 22.8 Å².